The normalized spacial score (nSPS) is 24.8. The van der Waals surface area contributed by atoms with Gasteiger partial charge in [0.1, 0.15) is 0 Å². The van der Waals surface area contributed by atoms with Crippen molar-refractivity contribution in [3.8, 4) is 0 Å². The van der Waals surface area contributed by atoms with Gasteiger partial charge in [0.2, 0.25) is 0 Å². The fourth-order valence-corrected chi connectivity index (χ4v) is 4.04. The van der Waals surface area contributed by atoms with Crippen molar-refractivity contribution in [1.29, 1.82) is 0 Å². The molecule has 1 aliphatic carbocycles. The van der Waals surface area contributed by atoms with Gasteiger partial charge in [-0.05, 0) is 37.3 Å². The van der Waals surface area contributed by atoms with Gasteiger partial charge in [-0.1, -0.05) is 38.8 Å². The number of nitrogens with one attached hydrogen (secondary N) is 1. The van der Waals surface area contributed by atoms with E-state index in [1.54, 1.807) is 24.3 Å². The van der Waals surface area contributed by atoms with E-state index in [1.807, 2.05) is 0 Å². The Hall–Kier alpha value is -2.70. The summed E-state index contributed by atoms with van der Waals surface area (Å²) in [5.41, 5.74) is 0.684. The molecule has 3 amide bonds. The van der Waals surface area contributed by atoms with Gasteiger partial charge < -0.3 is 10.1 Å². The first-order valence-electron chi connectivity index (χ1n) is 10.2. The zero-order valence-corrected chi connectivity index (χ0v) is 17.1. The van der Waals surface area contributed by atoms with Gasteiger partial charge in [0.05, 0.1) is 17.5 Å². The van der Waals surface area contributed by atoms with Crippen LogP contribution in [0.25, 0.3) is 0 Å². The number of esters is 1. The summed E-state index contributed by atoms with van der Waals surface area (Å²) in [4.78, 5) is 50.2. The van der Waals surface area contributed by atoms with Gasteiger partial charge in [0.25, 0.3) is 17.7 Å². The number of hydrogen-bond donors (Lipinski definition) is 1. The molecule has 4 atom stereocenters. The second-order valence-electron chi connectivity index (χ2n) is 8.07. The molecule has 0 saturated heterocycles. The van der Waals surface area contributed by atoms with Gasteiger partial charge in [0, 0.05) is 12.6 Å². The molecule has 29 heavy (non-hydrogen) atoms. The van der Waals surface area contributed by atoms with Crippen molar-refractivity contribution in [3.63, 3.8) is 0 Å². The fourth-order valence-electron chi connectivity index (χ4n) is 4.04. The standard InChI is InChI=1S/C22H28N2O5/c1-13-7-6-10-18(14(13)2)23-20(26)15(3)29-19(25)11-12-24-21(27)16-8-4-5-9-17(16)22(24)28/h4-5,8-9,13-15,18H,6-7,10-12H2,1-3H3,(H,23,26). The molecule has 1 aromatic rings. The molecule has 2 aliphatic rings. The minimum atomic E-state index is -0.922. The smallest absolute Gasteiger partial charge is 0.308 e. The van der Waals surface area contributed by atoms with E-state index in [1.165, 1.54) is 6.92 Å². The number of benzene rings is 1. The summed E-state index contributed by atoms with van der Waals surface area (Å²) in [6.45, 7) is 5.78. The van der Waals surface area contributed by atoms with Gasteiger partial charge in [-0.2, -0.15) is 0 Å². The zero-order chi connectivity index (χ0) is 21.1. The average Bonchev–Trinajstić information content (AvgIpc) is 2.94. The van der Waals surface area contributed by atoms with Crippen LogP contribution in [-0.4, -0.2) is 47.3 Å². The summed E-state index contributed by atoms with van der Waals surface area (Å²) in [6.07, 6.45) is 2.09. The minimum Gasteiger partial charge on any atom is -0.452 e. The van der Waals surface area contributed by atoms with E-state index < -0.39 is 23.9 Å². The number of fused-ring (bicyclic) bond motifs is 1. The highest BCUT2D eigenvalue weighted by Gasteiger charge is 2.35. The molecule has 156 valence electrons. The molecule has 1 N–H and O–H groups in total. The molecule has 1 aliphatic heterocycles. The fraction of sp³-hybridized carbons (Fsp3) is 0.545. The topological polar surface area (TPSA) is 92.8 Å². The van der Waals surface area contributed by atoms with Crippen LogP contribution in [0.4, 0.5) is 0 Å². The maximum absolute atomic E-state index is 12.4. The highest BCUT2D eigenvalue weighted by Crippen LogP contribution is 2.29. The maximum atomic E-state index is 12.4. The Labute approximate surface area is 170 Å². The minimum absolute atomic E-state index is 0.0727. The monoisotopic (exact) mass is 400 g/mol. The molecule has 1 saturated carbocycles. The number of carbonyl (C=O) groups excluding carboxylic acids is 4. The number of nitrogens with zero attached hydrogens (tertiary/aromatic N) is 1. The molecule has 4 unspecified atom stereocenters. The van der Waals surface area contributed by atoms with Crippen molar-refractivity contribution >= 4 is 23.7 Å². The van der Waals surface area contributed by atoms with Crippen LogP contribution in [0.1, 0.15) is 67.2 Å². The number of rotatable bonds is 6. The summed E-state index contributed by atoms with van der Waals surface area (Å²) >= 11 is 0. The number of hydrogen-bond acceptors (Lipinski definition) is 5. The SMILES string of the molecule is CC(OC(=O)CCN1C(=O)c2ccccc2C1=O)C(=O)NC1CCCC(C)C1C. The van der Waals surface area contributed by atoms with Crippen molar-refractivity contribution in [2.75, 3.05) is 6.54 Å². The van der Waals surface area contributed by atoms with E-state index in [2.05, 4.69) is 19.2 Å². The molecule has 7 nitrogen and oxygen atoms in total. The molecule has 7 heteroatoms. The third-order valence-electron chi connectivity index (χ3n) is 6.13. The van der Waals surface area contributed by atoms with E-state index in [4.69, 9.17) is 4.74 Å². The van der Waals surface area contributed by atoms with Crippen molar-refractivity contribution in [1.82, 2.24) is 10.2 Å². The number of ether oxygens (including phenoxy) is 1. The lowest BCUT2D eigenvalue weighted by atomic mass is 9.78. The predicted molar refractivity (Wildman–Crippen MR) is 106 cm³/mol. The molecule has 0 bridgehead atoms. The molecule has 1 fully saturated rings. The van der Waals surface area contributed by atoms with E-state index in [9.17, 15) is 19.2 Å². The Bertz CT molecular complexity index is 786. The Morgan fingerprint density at radius 3 is 2.38 bits per heavy atom. The Morgan fingerprint density at radius 2 is 1.76 bits per heavy atom. The van der Waals surface area contributed by atoms with Gasteiger partial charge in [-0.25, -0.2) is 0 Å². The molecule has 1 aromatic carbocycles. The third kappa shape index (κ3) is 4.49. The summed E-state index contributed by atoms with van der Waals surface area (Å²) in [6, 6.07) is 6.65. The lowest BCUT2D eigenvalue weighted by molar-refractivity contribution is -0.155. The molecule has 0 spiro atoms. The third-order valence-corrected chi connectivity index (χ3v) is 6.13. The second kappa shape index (κ2) is 8.76. The highest BCUT2D eigenvalue weighted by molar-refractivity contribution is 6.21. The first kappa shape index (κ1) is 21.0. The summed E-state index contributed by atoms with van der Waals surface area (Å²) in [7, 11) is 0. The predicted octanol–water partition coefficient (Wildman–Crippen LogP) is 2.55. The average molecular weight is 400 g/mol. The van der Waals surface area contributed by atoms with Crippen LogP contribution >= 0.6 is 0 Å². The van der Waals surface area contributed by atoms with Crippen LogP contribution in [0.2, 0.25) is 0 Å². The number of imide groups is 1. The van der Waals surface area contributed by atoms with Crippen LogP contribution in [-0.2, 0) is 14.3 Å². The van der Waals surface area contributed by atoms with E-state index >= 15 is 0 Å². The zero-order valence-electron chi connectivity index (χ0n) is 17.1. The lowest BCUT2D eigenvalue weighted by Crippen LogP contribution is -2.47. The van der Waals surface area contributed by atoms with Crippen molar-refractivity contribution in [2.24, 2.45) is 11.8 Å². The molecular formula is C22H28N2O5. The molecule has 3 rings (SSSR count). The van der Waals surface area contributed by atoms with Crippen LogP contribution in [0, 0.1) is 11.8 Å². The van der Waals surface area contributed by atoms with Gasteiger partial charge in [-0.15, -0.1) is 0 Å². The van der Waals surface area contributed by atoms with Crippen molar-refractivity contribution in [3.05, 3.63) is 35.4 Å². The molecule has 1 heterocycles. The van der Waals surface area contributed by atoms with Crippen LogP contribution in [0.5, 0.6) is 0 Å². The van der Waals surface area contributed by atoms with Gasteiger partial charge >= 0.3 is 5.97 Å². The summed E-state index contributed by atoms with van der Waals surface area (Å²) < 4.78 is 5.22. The summed E-state index contributed by atoms with van der Waals surface area (Å²) in [5, 5.41) is 2.99. The number of carbonyl (C=O) groups is 4. The lowest BCUT2D eigenvalue weighted by Gasteiger charge is -2.35. The van der Waals surface area contributed by atoms with Crippen molar-refractivity contribution in [2.45, 2.75) is 58.6 Å². The molecular weight excluding hydrogens is 372 g/mol. The molecule has 0 aromatic heterocycles. The Kier molecular flexibility index (Phi) is 6.35. The maximum Gasteiger partial charge on any atom is 0.308 e. The van der Waals surface area contributed by atoms with Crippen LogP contribution in [0.3, 0.4) is 0 Å². The van der Waals surface area contributed by atoms with E-state index in [0.717, 1.165) is 24.2 Å². The van der Waals surface area contributed by atoms with Gasteiger partial charge in [0.15, 0.2) is 6.10 Å². The first-order valence-corrected chi connectivity index (χ1v) is 10.2. The van der Waals surface area contributed by atoms with Gasteiger partial charge in [-0.3, -0.25) is 24.1 Å². The van der Waals surface area contributed by atoms with E-state index in [0.29, 0.717) is 23.0 Å². The highest BCUT2D eigenvalue weighted by atomic mass is 16.5. The van der Waals surface area contributed by atoms with Crippen LogP contribution in [0.15, 0.2) is 24.3 Å². The summed E-state index contributed by atoms with van der Waals surface area (Å²) in [5.74, 6) is -0.829. The Morgan fingerprint density at radius 1 is 1.14 bits per heavy atom. The Balaban J connectivity index is 1.47. The van der Waals surface area contributed by atoms with Crippen molar-refractivity contribution < 1.29 is 23.9 Å². The molecule has 0 radical (unpaired) electrons. The largest absolute Gasteiger partial charge is 0.452 e. The first-order chi connectivity index (χ1) is 13.8. The number of amides is 3. The quantitative estimate of drug-likeness (QED) is 0.585. The van der Waals surface area contributed by atoms with E-state index in [-0.39, 0.29) is 24.9 Å². The van der Waals surface area contributed by atoms with Crippen LogP contribution < -0.4 is 5.32 Å². The second-order valence-corrected chi connectivity index (χ2v) is 8.07.